The van der Waals surface area contributed by atoms with Gasteiger partial charge in [-0.05, 0) is 30.4 Å². The third kappa shape index (κ3) is 7.68. The number of quaternary nitrogens is 1. The number of nitrogens with zero attached hydrogens (tertiary/aromatic N) is 2. The molecular weight excluding hydrogens is 200 g/mol. The zero-order valence-corrected chi connectivity index (χ0v) is 9.77. The molecule has 0 radical (unpaired) electrons. The maximum atomic E-state index is 8.24. The fraction of sp³-hybridized carbons (Fsp3) is 0.308. The van der Waals surface area contributed by atoms with E-state index in [1.807, 2.05) is 24.3 Å². The molecule has 0 saturated carbocycles. The van der Waals surface area contributed by atoms with Gasteiger partial charge in [-0.3, -0.25) is 4.79 Å². The second-order valence-electron chi connectivity index (χ2n) is 3.32. The van der Waals surface area contributed by atoms with Crippen LogP contribution in [-0.4, -0.2) is 36.7 Å². The topological polar surface area (TPSA) is 39.4 Å². The number of hydrogen-bond acceptors (Lipinski definition) is 1. The summed E-state index contributed by atoms with van der Waals surface area (Å²) in [4.78, 5) is 8.24. The fourth-order valence-electron chi connectivity index (χ4n) is 1.54. The van der Waals surface area contributed by atoms with Gasteiger partial charge in [-0.1, -0.05) is 26.3 Å². The lowest BCUT2D eigenvalue weighted by atomic mass is 10.3. The zero-order valence-electron chi connectivity index (χ0n) is 9.77. The predicted octanol–water partition coefficient (Wildman–Crippen LogP) is 2.44. The summed E-state index contributed by atoms with van der Waals surface area (Å²) < 4.78 is 0.903. The number of isocyanates is 1. The van der Waals surface area contributed by atoms with E-state index >= 15 is 0 Å². The Morgan fingerprint density at radius 3 is 1.19 bits per heavy atom. The Labute approximate surface area is 98.2 Å². The van der Waals surface area contributed by atoms with E-state index in [0.717, 1.165) is 30.7 Å². The van der Waals surface area contributed by atoms with E-state index in [0.29, 0.717) is 6.08 Å². The first-order valence-electron chi connectivity index (χ1n) is 4.96. The van der Waals surface area contributed by atoms with E-state index in [4.69, 9.17) is 10.2 Å². The fourth-order valence-corrected chi connectivity index (χ4v) is 1.54. The first-order valence-corrected chi connectivity index (χ1v) is 4.96. The summed E-state index contributed by atoms with van der Waals surface area (Å²) in [5.41, 5.74) is 0. The van der Waals surface area contributed by atoms with Gasteiger partial charge in [0.25, 0.3) is 0 Å². The minimum atomic E-state index is 0.500. The second kappa shape index (κ2) is 11.4. The summed E-state index contributed by atoms with van der Waals surface area (Å²) in [6.07, 6.45) is 8.26. The summed E-state index contributed by atoms with van der Waals surface area (Å²) in [6, 6.07) is 0. The maximum absolute atomic E-state index is 8.24. The van der Waals surface area contributed by atoms with Crippen molar-refractivity contribution in [1.29, 1.82) is 0 Å². The molecule has 0 aromatic rings. The predicted molar refractivity (Wildman–Crippen MR) is 69.6 cm³/mol. The summed E-state index contributed by atoms with van der Waals surface area (Å²) in [7, 11) is 0. The lowest BCUT2D eigenvalue weighted by molar-refractivity contribution is -0.906. The Morgan fingerprint density at radius 1 is 0.875 bits per heavy atom. The molecule has 0 saturated heterocycles. The number of carbonyl (C=O) groups excluding carboxylic acids is 1. The molecule has 0 rings (SSSR count). The average molecular weight is 220 g/mol. The number of rotatable bonds is 8. The number of hydrogen-bond donors (Lipinski definition) is 0. The van der Waals surface area contributed by atoms with Crippen molar-refractivity contribution < 1.29 is 9.28 Å². The molecule has 3 heteroatoms. The van der Waals surface area contributed by atoms with Crippen LogP contribution in [0.4, 0.5) is 0 Å². The molecule has 0 atom stereocenters. The van der Waals surface area contributed by atoms with Gasteiger partial charge in [0.15, 0.2) is 0 Å². The molecule has 0 aromatic heterocycles. The van der Waals surface area contributed by atoms with E-state index in [9.17, 15) is 0 Å². The highest BCUT2D eigenvalue weighted by Crippen LogP contribution is 2.07. The van der Waals surface area contributed by atoms with Crippen molar-refractivity contribution in [2.75, 3.05) is 26.2 Å². The lowest BCUT2D eigenvalue weighted by Crippen LogP contribution is -2.48. The van der Waals surface area contributed by atoms with Gasteiger partial charge in [-0.25, -0.2) is 0 Å². The molecule has 0 unspecified atom stereocenters. The van der Waals surface area contributed by atoms with Crippen molar-refractivity contribution in [3.63, 3.8) is 0 Å². The molecule has 3 nitrogen and oxygen atoms in total. The molecule has 0 N–H and O–H groups in total. The monoisotopic (exact) mass is 220 g/mol. The van der Waals surface area contributed by atoms with E-state index in [2.05, 4.69) is 26.3 Å². The Balaban J connectivity index is 0. The van der Waals surface area contributed by atoms with Crippen LogP contribution in [0.2, 0.25) is 0 Å². The van der Waals surface area contributed by atoms with Crippen LogP contribution in [0.1, 0.15) is 0 Å². The van der Waals surface area contributed by atoms with Crippen LogP contribution in [-0.2, 0) is 4.79 Å². The minimum absolute atomic E-state index is 0.500. The van der Waals surface area contributed by atoms with Gasteiger partial charge >= 0.3 is 0 Å². The van der Waals surface area contributed by atoms with E-state index in [1.165, 1.54) is 0 Å². The van der Waals surface area contributed by atoms with Gasteiger partial charge in [0.2, 0.25) is 0 Å². The third-order valence-electron chi connectivity index (χ3n) is 2.07. The average Bonchev–Trinajstić information content (AvgIpc) is 2.20. The summed E-state index contributed by atoms with van der Waals surface area (Å²) in [5, 5.41) is 6.76. The SMILES string of the molecule is C=CC[N+](CC=C)(CC=C)CC=C.[N-]=C=O. The molecule has 16 heavy (non-hydrogen) atoms. The summed E-state index contributed by atoms with van der Waals surface area (Å²) in [6.45, 7) is 18.8. The van der Waals surface area contributed by atoms with Crippen LogP contribution in [0.25, 0.3) is 5.41 Å². The molecule has 0 bridgehead atoms. The molecule has 0 aliphatic carbocycles. The van der Waals surface area contributed by atoms with Crippen molar-refractivity contribution in [3.05, 3.63) is 56.0 Å². The van der Waals surface area contributed by atoms with E-state index in [-0.39, 0.29) is 0 Å². The van der Waals surface area contributed by atoms with Crippen LogP contribution in [0.15, 0.2) is 50.6 Å². The molecule has 0 aromatic carbocycles. The van der Waals surface area contributed by atoms with Crippen molar-refractivity contribution in [3.8, 4) is 0 Å². The largest absolute Gasteiger partial charge is 0.724 e. The van der Waals surface area contributed by atoms with Gasteiger partial charge in [0.05, 0.1) is 26.2 Å². The molecule has 0 heterocycles. The highest BCUT2D eigenvalue weighted by atomic mass is 16.1. The van der Waals surface area contributed by atoms with Crippen LogP contribution in [0.3, 0.4) is 0 Å². The molecule has 0 aliphatic rings. The highest BCUT2D eigenvalue weighted by Gasteiger charge is 2.20. The second-order valence-corrected chi connectivity index (χ2v) is 3.32. The summed E-state index contributed by atoms with van der Waals surface area (Å²) in [5.74, 6) is 0. The molecule has 0 spiro atoms. The lowest BCUT2D eigenvalue weighted by Gasteiger charge is -2.35. The Kier molecular flexibility index (Phi) is 11.9. The molecule has 0 amide bonds. The first-order chi connectivity index (χ1) is 7.66. The van der Waals surface area contributed by atoms with Crippen molar-refractivity contribution >= 4 is 6.08 Å². The standard InChI is InChI=1S/C12H20N.CNO/c1-5-9-13(10-6-2,11-7-3)12-8-4;2-1-3/h5-8H,1-4,9-12H2;/q+1;-1. The molecule has 0 aliphatic heterocycles. The quantitative estimate of drug-likeness (QED) is 0.268. The van der Waals surface area contributed by atoms with Gasteiger partial charge in [-0.15, -0.1) is 0 Å². The van der Waals surface area contributed by atoms with Crippen LogP contribution >= 0.6 is 0 Å². The normalized spacial score (nSPS) is 9.00. The Morgan fingerprint density at radius 2 is 1.06 bits per heavy atom. The summed E-state index contributed by atoms with van der Waals surface area (Å²) >= 11 is 0. The molecular formula is C13H20N2O. The Bertz CT molecular complexity index is 218. The Hall–Kier alpha value is -1.70. The van der Waals surface area contributed by atoms with Gasteiger partial charge < -0.3 is 9.89 Å². The molecule has 88 valence electrons. The first kappa shape index (κ1) is 16.7. The molecule has 0 fully saturated rings. The van der Waals surface area contributed by atoms with E-state index < -0.39 is 0 Å². The third-order valence-corrected chi connectivity index (χ3v) is 2.07. The van der Waals surface area contributed by atoms with Crippen LogP contribution < -0.4 is 0 Å². The van der Waals surface area contributed by atoms with Crippen molar-refractivity contribution in [2.45, 2.75) is 0 Å². The zero-order chi connectivity index (χ0) is 12.9. The highest BCUT2D eigenvalue weighted by molar-refractivity contribution is 5.36. The maximum Gasteiger partial charge on any atom is 0.0978 e. The van der Waals surface area contributed by atoms with Crippen LogP contribution in [0, 0.1) is 0 Å². The van der Waals surface area contributed by atoms with Crippen LogP contribution in [0.5, 0.6) is 0 Å². The minimum Gasteiger partial charge on any atom is -0.724 e. The van der Waals surface area contributed by atoms with E-state index in [1.54, 1.807) is 0 Å². The van der Waals surface area contributed by atoms with Crippen molar-refractivity contribution in [2.24, 2.45) is 0 Å². The van der Waals surface area contributed by atoms with Gasteiger partial charge in [0, 0.05) is 0 Å². The smallest absolute Gasteiger partial charge is 0.0978 e. The van der Waals surface area contributed by atoms with Gasteiger partial charge in [-0.2, -0.15) is 0 Å². The van der Waals surface area contributed by atoms with Gasteiger partial charge in [0.1, 0.15) is 0 Å². The van der Waals surface area contributed by atoms with Crippen molar-refractivity contribution in [1.82, 2.24) is 0 Å².